The molecule has 0 aliphatic rings. The van der Waals surface area contributed by atoms with Crippen LogP contribution in [0.25, 0.3) is 0 Å². The Labute approximate surface area is 162 Å². The van der Waals surface area contributed by atoms with E-state index in [2.05, 4.69) is 9.47 Å². The normalized spacial score (nSPS) is 14.3. The van der Waals surface area contributed by atoms with E-state index in [1.54, 1.807) is 0 Å². The summed E-state index contributed by atoms with van der Waals surface area (Å²) in [4.78, 5) is 48.2. The number of nitrogens with zero attached hydrogens (tertiary/aromatic N) is 6. The maximum atomic E-state index is 14.3. The molecule has 1 atom stereocenters. The van der Waals surface area contributed by atoms with Gasteiger partial charge in [0.25, 0.3) is 0 Å². The second-order valence-corrected chi connectivity index (χ2v) is 5.10. The lowest BCUT2D eigenvalue weighted by Crippen LogP contribution is -2.66. The molecule has 1 unspecified atom stereocenters. The van der Waals surface area contributed by atoms with Crippen molar-refractivity contribution in [1.29, 1.82) is 0 Å². The Bertz CT molecular complexity index is 766. The van der Waals surface area contributed by atoms with Gasteiger partial charge in [-0.05, 0) is 0 Å². The predicted molar refractivity (Wildman–Crippen MR) is 73.7 cm³/mol. The Kier molecular flexibility index (Phi) is 7.71. The lowest BCUT2D eigenvalue weighted by molar-refractivity contribution is -0.871. The predicted octanol–water partition coefficient (Wildman–Crippen LogP) is -1.32. The standard InChI is InChI=1S/C7H6F3N6O15/c8-5(11(18)19,12(20)21)2-30-1-4(17,7(10,15(26)27)16(28)29)31-3-6(9,13(22)23)14(24)25/h1-3H2. The van der Waals surface area contributed by atoms with Gasteiger partial charge in [0.05, 0.1) is 0 Å². The van der Waals surface area contributed by atoms with Crippen molar-refractivity contribution in [3.05, 3.63) is 60.7 Å². The molecule has 0 bridgehead atoms. The fourth-order valence-corrected chi connectivity index (χ4v) is 1.44. The Morgan fingerprint density at radius 1 is 0.581 bits per heavy atom. The number of hydrogen-bond acceptors (Lipinski definition) is 14. The highest BCUT2D eigenvalue weighted by Crippen LogP contribution is 2.33. The maximum absolute atomic E-state index is 14.3. The third kappa shape index (κ3) is 4.80. The molecule has 31 heavy (non-hydrogen) atoms. The zero-order valence-corrected chi connectivity index (χ0v) is 14.1. The summed E-state index contributed by atoms with van der Waals surface area (Å²) in [6, 6.07) is 0. The van der Waals surface area contributed by atoms with Gasteiger partial charge in [-0.1, -0.05) is 13.2 Å². The molecule has 175 valence electrons. The molecular weight excluding hydrogens is 465 g/mol. The van der Waals surface area contributed by atoms with Crippen molar-refractivity contribution in [2.24, 2.45) is 0 Å². The summed E-state index contributed by atoms with van der Waals surface area (Å²) in [5.41, 5.74) is 0. The first kappa shape index (κ1) is 27.1. The molecular formula is C7H6F3N6O15. The molecule has 0 aromatic rings. The van der Waals surface area contributed by atoms with Gasteiger partial charge < -0.3 is 9.47 Å². The van der Waals surface area contributed by atoms with Gasteiger partial charge in [0.1, 0.15) is 36.1 Å². The van der Waals surface area contributed by atoms with Crippen LogP contribution in [0.5, 0.6) is 0 Å². The minimum atomic E-state index is -5.68. The molecule has 24 heteroatoms. The van der Waals surface area contributed by atoms with E-state index in [1.165, 1.54) is 0 Å². The van der Waals surface area contributed by atoms with Crippen molar-refractivity contribution >= 4 is 0 Å². The molecule has 0 N–H and O–H groups in total. The van der Waals surface area contributed by atoms with Crippen molar-refractivity contribution < 1.29 is 57.3 Å². The van der Waals surface area contributed by atoms with Gasteiger partial charge in [-0.3, -0.25) is 60.7 Å². The summed E-state index contributed by atoms with van der Waals surface area (Å²) in [6.07, 6.45) is 0. The van der Waals surface area contributed by atoms with E-state index >= 15 is 0 Å². The zero-order valence-electron chi connectivity index (χ0n) is 14.1. The second kappa shape index (κ2) is 8.83. The quantitative estimate of drug-likeness (QED) is 0.123. The molecule has 0 aromatic carbocycles. The number of nitro groups is 6. The van der Waals surface area contributed by atoms with Crippen LogP contribution in [0.4, 0.5) is 13.2 Å². The van der Waals surface area contributed by atoms with Gasteiger partial charge in [0, 0.05) is 0 Å². The summed E-state index contributed by atoms with van der Waals surface area (Å²) in [7, 11) is 0. The topological polar surface area (TPSA) is 297 Å². The molecule has 0 heterocycles. The Balaban J connectivity index is 6.14. The van der Waals surface area contributed by atoms with Gasteiger partial charge in [-0.2, -0.15) is 5.11 Å². The molecule has 0 fully saturated rings. The monoisotopic (exact) mass is 471 g/mol. The zero-order chi connectivity index (χ0) is 25.0. The van der Waals surface area contributed by atoms with Crippen LogP contribution in [0.2, 0.25) is 0 Å². The van der Waals surface area contributed by atoms with Gasteiger partial charge in [0.2, 0.25) is 13.2 Å². The molecule has 0 aromatic heterocycles. The number of ether oxygens (including phenoxy) is 2. The molecule has 1 radical (unpaired) electrons. The van der Waals surface area contributed by atoms with Crippen LogP contribution in [0.15, 0.2) is 0 Å². The molecule has 0 rings (SSSR count). The summed E-state index contributed by atoms with van der Waals surface area (Å²) in [6.45, 7) is -7.92. The van der Waals surface area contributed by atoms with E-state index in [-0.39, 0.29) is 0 Å². The van der Waals surface area contributed by atoms with E-state index in [9.17, 15) is 79.0 Å². The van der Waals surface area contributed by atoms with Crippen LogP contribution in [0.3, 0.4) is 0 Å². The van der Waals surface area contributed by atoms with Crippen molar-refractivity contribution in [3.8, 4) is 0 Å². The number of rotatable bonds is 14. The minimum Gasteiger partial charge on any atom is -0.357 e. The van der Waals surface area contributed by atoms with Crippen LogP contribution >= 0.6 is 0 Å². The van der Waals surface area contributed by atoms with Gasteiger partial charge in [-0.25, -0.2) is 0 Å². The highest BCUT2D eigenvalue weighted by atomic mass is 19.2. The average molecular weight is 471 g/mol. The van der Waals surface area contributed by atoms with Crippen LogP contribution in [-0.4, -0.2) is 72.9 Å². The third-order valence-electron chi connectivity index (χ3n) is 3.15. The molecule has 0 saturated heterocycles. The van der Waals surface area contributed by atoms with Crippen molar-refractivity contribution in [2.75, 3.05) is 19.8 Å². The molecule has 0 saturated carbocycles. The van der Waals surface area contributed by atoms with E-state index in [1.807, 2.05) is 0 Å². The molecule has 0 spiro atoms. The summed E-state index contributed by atoms with van der Waals surface area (Å²) < 4.78 is 48.7. The largest absolute Gasteiger partial charge is 0.674 e. The van der Waals surface area contributed by atoms with Gasteiger partial charge >= 0.3 is 23.5 Å². The number of hydrogen-bond donors (Lipinski definition) is 0. The average Bonchev–Trinajstić information content (AvgIpc) is 2.63. The van der Waals surface area contributed by atoms with E-state index in [0.29, 0.717) is 0 Å². The van der Waals surface area contributed by atoms with Crippen LogP contribution < -0.4 is 0 Å². The third-order valence-corrected chi connectivity index (χ3v) is 3.15. The summed E-state index contributed by atoms with van der Waals surface area (Å²) in [5, 5.41) is 75.1. The Morgan fingerprint density at radius 2 is 0.903 bits per heavy atom. The highest BCUT2D eigenvalue weighted by molar-refractivity contribution is 4.78. The maximum Gasteiger partial charge on any atom is 0.674 e. The number of alkyl halides is 3. The lowest BCUT2D eigenvalue weighted by Gasteiger charge is -2.25. The smallest absolute Gasteiger partial charge is 0.357 e. The van der Waals surface area contributed by atoms with Gasteiger partial charge in [0.15, 0.2) is 0 Å². The molecule has 0 aliphatic carbocycles. The van der Waals surface area contributed by atoms with E-state index in [0.717, 1.165) is 0 Å². The van der Waals surface area contributed by atoms with E-state index < -0.39 is 72.9 Å². The summed E-state index contributed by atoms with van der Waals surface area (Å²) in [5.74, 6) is -20.6. The fraction of sp³-hybridized carbons (Fsp3) is 1.00. The fourth-order valence-electron chi connectivity index (χ4n) is 1.44. The Morgan fingerprint density at radius 3 is 1.19 bits per heavy atom. The lowest BCUT2D eigenvalue weighted by atomic mass is 10.2. The molecule has 0 aliphatic heterocycles. The van der Waals surface area contributed by atoms with Crippen LogP contribution in [-0.2, 0) is 14.6 Å². The van der Waals surface area contributed by atoms with E-state index in [4.69, 9.17) is 0 Å². The van der Waals surface area contributed by atoms with Gasteiger partial charge in [-0.15, -0.1) is 0 Å². The summed E-state index contributed by atoms with van der Waals surface area (Å²) >= 11 is 0. The van der Waals surface area contributed by atoms with Crippen molar-refractivity contribution in [2.45, 2.75) is 23.5 Å². The van der Waals surface area contributed by atoms with Crippen molar-refractivity contribution in [3.63, 3.8) is 0 Å². The first-order valence-electron chi connectivity index (χ1n) is 6.68. The van der Waals surface area contributed by atoms with Crippen LogP contribution in [0, 0.1) is 60.7 Å². The SMILES string of the molecule is [O]C(COCC(F)([N+](=O)[O-])[N+](=O)[O-])(OCC(F)([N+](=O)[O-])[N+](=O)[O-])C(F)([N+](=O)[O-])[N+](=O)[O-]. The molecule has 0 amide bonds. The molecule has 21 nitrogen and oxygen atoms in total. The number of halogens is 3. The minimum absolute atomic E-state index is 2.27. The Hall–Kier alpha value is -3.93. The first-order valence-corrected chi connectivity index (χ1v) is 6.68. The van der Waals surface area contributed by atoms with Crippen LogP contribution in [0.1, 0.15) is 0 Å². The second-order valence-electron chi connectivity index (χ2n) is 5.10. The highest BCUT2D eigenvalue weighted by Gasteiger charge is 2.80. The first-order chi connectivity index (χ1) is 13.8. The van der Waals surface area contributed by atoms with Crippen molar-refractivity contribution in [1.82, 2.24) is 0 Å².